The number of rotatable bonds is 6. The minimum atomic E-state index is -0.698. The number of amides is 1. The van der Waals surface area contributed by atoms with Gasteiger partial charge in [0.25, 0.3) is 11.8 Å². The lowest BCUT2D eigenvalue weighted by Crippen LogP contribution is -2.40. The number of nitrogens with zero attached hydrogens (tertiary/aromatic N) is 3. The highest BCUT2D eigenvalue weighted by molar-refractivity contribution is 5.94. The Labute approximate surface area is 190 Å². The van der Waals surface area contributed by atoms with Gasteiger partial charge in [0, 0.05) is 24.2 Å². The fourth-order valence-electron chi connectivity index (χ4n) is 3.66. The van der Waals surface area contributed by atoms with Crippen LogP contribution >= 0.6 is 0 Å². The van der Waals surface area contributed by atoms with E-state index in [0.29, 0.717) is 43.1 Å². The second kappa shape index (κ2) is 9.81. The Kier molecular flexibility index (Phi) is 6.67. The van der Waals surface area contributed by atoms with E-state index in [1.54, 1.807) is 43.2 Å². The number of carbonyl (C=O) groups is 2. The van der Waals surface area contributed by atoms with Crippen molar-refractivity contribution in [3.8, 4) is 17.2 Å². The summed E-state index contributed by atoms with van der Waals surface area (Å²) in [6.45, 7) is 2.52. The van der Waals surface area contributed by atoms with Gasteiger partial charge in [0.2, 0.25) is 5.89 Å². The predicted octanol–water partition coefficient (Wildman–Crippen LogP) is 4.04. The van der Waals surface area contributed by atoms with E-state index in [1.165, 1.54) is 24.3 Å². The quantitative estimate of drug-likeness (QED) is 0.520. The summed E-state index contributed by atoms with van der Waals surface area (Å²) in [7, 11) is 1.59. The van der Waals surface area contributed by atoms with Crippen LogP contribution in [0.4, 0.5) is 4.39 Å². The zero-order valence-electron chi connectivity index (χ0n) is 18.4. The summed E-state index contributed by atoms with van der Waals surface area (Å²) in [6.07, 6.45) is 0.273. The number of likely N-dealkylation sites (tertiary alicyclic amines) is 1. The van der Waals surface area contributed by atoms with Crippen molar-refractivity contribution in [3.05, 3.63) is 65.8 Å². The monoisotopic (exact) mass is 453 g/mol. The van der Waals surface area contributed by atoms with Crippen molar-refractivity contribution >= 4 is 11.9 Å². The fourth-order valence-corrected chi connectivity index (χ4v) is 3.66. The standard InChI is InChI=1S/C24H24FN3O5/c1-15(21-26-27-22(33-21)16-5-9-20(31-2)10-6-16)32-24(30)18-11-13-28(14-12-18)23(29)17-3-7-19(25)8-4-17/h3-10,15,18H,11-14H2,1-2H3. The Balaban J connectivity index is 1.30. The molecule has 172 valence electrons. The second-order valence-electron chi connectivity index (χ2n) is 7.83. The first-order valence-corrected chi connectivity index (χ1v) is 10.7. The SMILES string of the molecule is COc1ccc(-c2nnc(C(C)OC(=O)C3CCN(C(=O)c4ccc(F)cc4)CC3)o2)cc1. The van der Waals surface area contributed by atoms with Gasteiger partial charge in [0.05, 0.1) is 13.0 Å². The Morgan fingerprint density at radius 3 is 2.36 bits per heavy atom. The number of carbonyl (C=O) groups excluding carboxylic acids is 2. The van der Waals surface area contributed by atoms with Crippen LogP contribution in [0.5, 0.6) is 5.75 Å². The number of ether oxygens (including phenoxy) is 2. The summed E-state index contributed by atoms with van der Waals surface area (Å²) in [5, 5.41) is 8.03. The van der Waals surface area contributed by atoms with Crippen LogP contribution in [0.15, 0.2) is 52.9 Å². The molecule has 1 amide bonds. The van der Waals surface area contributed by atoms with Crippen molar-refractivity contribution in [2.45, 2.75) is 25.9 Å². The molecular formula is C24H24FN3O5. The second-order valence-corrected chi connectivity index (χ2v) is 7.83. The van der Waals surface area contributed by atoms with Gasteiger partial charge >= 0.3 is 5.97 Å². The molecule has 1 unspecified atom stereocenters. The molecule has 1 aliphatic rings. The fraction of sp³-hybridized carbons (Fsp3) is 0.333. The average Bonchev–Trinajstić information content (AvgIpc) is 3.35. The summed E-state index contributed by atoms with van der Waals surface area (Å²) in [5.41, 5.74) is 1.15. The molecule has 33 heavy (non-hydrogen) atoms. The minimum Gasteiger partial charge on any atom is -0.497 e. The molecule has 1 fully saturated rings. The zero-order valence-corrected chi connectivity index (χ0v) is 18.4. The summed E-state index contributed by atoms with van der Waals surface area (Å²) < 4.78 is 29.5. The molecule has 8 nitrogen and oxygen atoms in total. The van der Waals surface area contributed by atoms with Gasteiger partial charge in [-0.15, -0.1) is 10.2 Å². The van der Waals surface area contributed by atoms with Gasteiger partial charge in [-0.3, -0.25) is 9.59 Å². The summed E-state index contributed by atoms with van der Waals surface area (Å²) in [4.78, 5) is 26.9. The number of aromatic nitrogens is 2. The number of hydrogen-bond acceptors (Lipinski definition) is 7. The largest absolute Gasteiger partial charge is 0.497 e. The van der Waals surface area contributed by atoms with E-state index in [-0.39, 0.29) is 29.5 Å². The highest BCUT2D eigenvalue weighted by Gasteiger charge is 2.30. The van der Waals surface area contributed by atoms with Crippen LogP contribution in [0.2, 0.25) is 0 Å². The third-order valence-corrected chi connectivity index (χ3v) is 5.62. The lowest BCUT2D eigenvalue weighted by molar-refractivity contribution is -0.156. The van der Waals surface area contributed by atoms with Crippen LogP contribution in [-0.2, 0) is 9.53 Å². The molecule has 1 aliphatic heterocycles. The van der Waals surface area contributed by atoms with E-state index >= 15 is 0 Å². The van der Waals surface area contributed by atoms with Crippen molar-refractivity contribution in [2.75, 3.05) is 20.2 Å². The van der Waals surface area contributed by atoms with E-state index in [9.17, 15) is 14.0 Å². The molecular weight excluding hydrogens is 429 g/mol. The number of halogens is 1. The smallest absolute Gasteiger partial charge is 0.309 e. The lowest BCUT2D eigenvalue weighted by atomic mass is 9.96. The highest BCUT2D eigenvalue weighted by atomic mass is 19.1. The van der Waals surface area contributed by atoms with Gasteiger partial charge in [-0.1, -0.05) is 0 Å². The van der Waals surface area contributed by atoms with E-state index in [0.717, 1.165) is 5.56 Å². The maximum Gasteiger partial charge on any atom is 0.309 e. The first-order valence-electron chi connectivity index (χ1n) is 10.7. The van der Waals surface area contributed by atoms with Crippen molar-refractivity contribution in [2.24, 2.45) is 5.92 Å². The third-order valence-electron chi connectivity index (χ3n) is 5.62. The normalized spacial score (nSPS) is 15.2. The van der Waals surface area contributed by atoms with E-state index < -0.39 is 6.10 Å². The van der Waals surface area contributed by atoms with Crippen molar-refractivity contribution < 1.29 is 27.9 Å². The van der Waals surface area contributed by atoms with Gasteiger partial charge in [-0.05, 0) is 68.3 Å². The Bertz CT molecular complexity index is 1110. The van der Waals surface area contributed by atoms with Crippen molar-refractivity contribution in [1.29, 1.82) is 0 Å². The van der Waals surface area contributed by atoms with Gasteiger partial charge in [-0.2, -0.15) is 0 Å². The lowest BCUT2D eigenvalue weighted by Gasteiger charge is -2.31. The molecule has 0 saturated carbocycles. The molecule has 0 spiro atoms. The van der Waals surface area contributed by atoms with Crippen LogP contribution in [-0.4, -0.2) is 47.2 Å². The maximum absolute atomic E-state index is 13.1. The van der Waals surface area contributed by atoms with E-state index in [2.05, 4.69) is 10.2 Å². The molecule has 0 aliphatic carbocycles. The van der Waals surface area contributed by atoms with Crippen molar-refractivity contribution in [3.63, 3.8) is 0 Å². The third kappa shape index (κ3) is 5.19. The minimum absolute atomic E-state index is 0.174. The maximum atomic E-state index is 13.1. The van der Waals surface area contributed by atoms with Gasteiger partial charge < -0.3 is 18.8 Å². The molecule has 2 heterocycles. The van der Waals surface area contributed by atoms with Gasteiger partial charge in [-0.25, -0.2) is 4.39 Å². The predicted molar refractivity (Wildman–Crippen MR) is 116 cm³/mol. The number of methoxy groups -OCH3 is 1. The van der Waals surface area contributed by atoms with Crippen LogP contribution in [0.25, 0.3) is 11.5 Å². The molecule has 1 saturated heterocycles. The molecule has 0 bridgehead atoms. The molecule has 1 aromatic heterocycles. The summed E-state index contributed by atoms with van der Waals surface area (Å²) in [6, 6.07) is 12.6. The molecule has 4 rings (SSSR count). The summed E-state index contributed by atoms with van der Waals surface area (Å²) in [5.74, 6) is -0.00617. The molecule has 3 aromatic rings. The Morgan fingerprint density at radius 1 is 1.06 bits per heavy atom. The average molecular weight is 453 g/mol. The molecule has 9 heteroatoms. The number of benzene rings is 2. The molecule has 0 N–H and O–H groups in total. The van der Waals surface area contributed by atoms with Crippen LogP contribution in [0.1, 0.15) is 42.1 Å². The molecule has 1 atom stereocenters. The molecule has 0 radical (unpaired) electrons. The van der Waals surface area contributed by atoms with Gasteiger partial charge in [0.1, 0.15) is 11.6 Å². The van der Waals surface area contributed by atoms with E-state index in [1.807, 2.05) is 0 Å². The Hall–Kier alpha value is -3.75. The Morgan fingerprint density at radius 2 is 1.73 bits per heavy atom. The molecule has 2 aromatic carbocycles. The van der Waals surface area contributed by atoms with Crippen LogP contribution in [0, 0.1) is 11.7 Å². The van der Waals surface area contributed by atoms with E-state index in [4.69, 9.17) is 13.9 Å². The van der Waals surface area contributed by atoms with Crippen molar-refractivity contribution in [1.82, 2.24) is 15.1 Å². The van der Waals surface area contributed by atoms with Gasteiger partial charge in [0.15, 0.2) is 6.10 Å². The summed E-state index contributed by atoms with van der Waals surface area (Å²) >= 11 is 0. The van der Waals surface area contributed by atoms with Crippen LogP contribution < -0.4 is 4.74 Å². The number of esters is 1. The number of hydrogen-bond donors (Lipinski definition) is 0. The van der Waals surface area contributed by atoms with Crippen LogP contribution in [0.3, 0.4) is 0 Å². The number of piperidine rings is 1. The topological polar surface area (TPSA) is 94.8 Å². The first kappa shape index (κ1) is 22.4. The first-order chi connectivity index (χ1) is 15.9. The zero-order chi connectivity index (χ0) is 23.4. The highest BCUT2D eigenvalue weighted by Crippen LogP contribution is 2.27.